The van der Waals surface area contributed by atoms with E-state index in [9.17, 15) is 4.79 Å². The Morgan fingerprint density at radius 2 is 2.00 bits per heavy atom. The first kappa shape index (κ1) is 21.0. The number of anilines is 1. The second kappa shape index (κ2) is 8.49. The van der Waals surface area contributed by atoms with Gasteiger partial charge in [-0.2, -0.15) is 0 Å². The molecule has 1 amide bonds. The second-order valence-electron chi connectivity index (χ2n) is 8.48. The molecule has 4 rings (SSSR count). The van der Waals surface area contributed by atoms with Gasteiger partial charge in [0, 0.05) is 39.0 Å². The number of aryl methyl sites for hydroxylation is 1. The van der Waals surface area contributed by atoms with Crippen molar-refractivity contribution >= 4 is 11.9 Å². The van der Waals surface area contributed by atoms with Gasteiger partial charge in [-0.15, -0.1) is 0 Å². The molecule has 0 aliphatic carbocycles. The molecule has 4 heterocycles. The molecule has 0 saturated carbocycles. The monoisotopic (exact) mass is 424 g/mol. The summed E-state index contributed by atoms with van der Waals surface area (Å²) in [5.41, 5.74) is 3.05. The third-order valence-corrected chi connectivity index (χ3v) is 5.51. The van der Waals surface area contributed by atoms with E-state index < -0.39 is 0 Å². The van der Waals surface area contributed by atoms with Crippen LogP contribution in [0, 0.1) is 6.92 Å². The SMILES string of the molecule is Cc1cc(-c2cnc(N(C)C)nc2[C@@H]2CCCCN2C(=O)c2cc(C(C)C)no2)on1. The van der Waals surface area contributed by atoms with Crippen molar-refractivity contribution in [1.82, 2.24) is 25.2 Å². The van der Waals surface area contributed by atoms with Crippen LogP contribution < -0.4 is 4.90 Å². The molecule has 1 aliphatic rings. The summed E-state index contributed by atoms with van der Waals surface area (Å²) in [4.78, 5) is 26.4. The Morgan fingerprint density at radius 3 is 2.65 bits per heavy atom. The van der Waals surface area contributed by atoms with Gasteiger partial charge in [0.2, 0.25) is 11.7 Å². The molecule has 1 fully saturated rings. The fraction of sp³-hybridized carbons (Fsp3) is 0.500. The summed E-state index contributed by atoms with van der Waals surface area (Å²) in [7, 11) is 3.78. The van der Waals surface area contributed by atoms with Crippen LogP contribution in [0.2, 0.25) is 0 Å². The van der Waals surface area contributed by atoms with Crippen LogP contribution in [-0.4, -0.2) is 51.7 Å². The lowest BCUT2D eigenvalue weighted by molar-refractivity contribution is 0.0564. The summed E-state index contributed by atoms with van der Waals surface area (Å²) in [6.07, 6.45) is 4.47. The Balaban J connectivity index is 1.76. The van der Waals surface area contributed by atoms with Crippen molar-refractivity contribution in [1.29, 1.82) is 0 Å². The van der Waals surface area contributed by atoms with E-state index in [1.165, 1.54) is 0 Å². The summed E-state index contributed by atoms with van der Waals surface area (Å²) in [6, 6.07) is 3.37. The molecular weight excluding hydrogens is 396 g/mol. The quantitative estimate of drug-likeness (QED) is 0.606. The standard InChI is InChI=1S/C22H28N6O3/c1-13(2)16-11-19(31-26-16)21(29)28-9-7-6-8-17(28)20-15(18-10-14(3)25-30-18)12-23-22(24-20)27(4)5/h10-13,17H,6-9H2,1-5H3/t17-/m0/s1. The van der Waals surface area contributed by atoms with E-state index in [1.54, 1.807) is 12.3 Å². The Morgan fingerprint density at radius 1 is 1.19 bits per heavy atom. The topological polar surface area (TPSA) is 101 Å². The molecule has 3 aromatic rings. The van der Waals surface area contributed by atoms with Gasteiger partial charge in [-0.25, -0.2) is 9.97 Å². The highest BCUT2D eigenvalue weighted by atomic mass is 16.5. The van der Waals surface area contributed by atoms with E-state index in [0.29, 0.717) is 18.3 Å². The van der Waals surface area contributed by atoms with E-state index in [4.69, 9.17) is 14.0 Å². The van der Waals surface area contributed by atoms with Gasteiger partial charge in [-0.05, 0) is 32.1 Å². The van der Waals surface area contributed by atoms with Crippen molar-refractivity contribution in [2.75, 3.05) is 25.5 Å². The van der Waals surface area contributed by atoms with Gasteiger partial charge in [0.1, 0.15) is 0 Å². The Labute approximate surface area is 181 Å². The zero-order valence-corrected chi connectivity index (χ0v) is 18.6. The molecule has 0 radical (unpaired) electrons. The maximum atomic E-state index is 13.4. The molecule has 0 bridgehead atoms. The van der Waals surface area contributed by atoms with Crippen LogP contribution in [0.15, 0.2) is 27.4 Å². The molecule has 1 atom stereocenters. The average Bonchev–Trinajstić information content (AvgIpc) is 3.42. The molecule has 0 N–H and O–H groups in total. The van der Waals surface area contributed by atoms with Gasteiger partial charge < -0.3 is 18.8 Å². The maximum absolute atomic E-state index is 13.4. The number of hydrogen-bond donors (Lipinski definition) is 0. The van der Waals surface area contributed by atoms with Crippen molar-refractivity contribution in [3.8, 4) is 11.3 Å². The number of amides is 1. The van der Waals surface area contributed by atoms with E-state index in [2.05, 4.69) is 15.3 Å². The van der Waals surface area contributed by atoms with E-state index in [-0.39, 0.29) is 23.6 Å². The van der Waals surface area contributed by atoms with E-state index >= 15 is 0 Å². The Bertz CT molecular complexity index is 1070. The van der Waals surface area contributed by atoms with Crippen LogP contribution in [0.3, 0.4) is 0 Å². The highest BCUT2D eigenvalue weighted by Crippen LogP contribution is 2.37. The van der Waals surface area contributed by atoms with Crippen LogP contribution in [0.5, 0.6) is 0 Å². The van der Waals surface area contributed by atoms with Crippen molar-refractivity contribution in [3.05, 3.63) is 41.2 Å². The number of aromatic nitrogens is 4. The highest BCUT2D eigenvalue weighted by Gasteiger charge is 2.34. The summed E-state index contributed by atoms with van der Waals surface area (Å²) < 4.78 is 10.9. The van der Waals surface area contributed by atoms with Crippen molar-refractivity contribution in [3.63, 3.8) is 0 Å². The fourth-order valence-corrected chi connectivity index (χ4v) is 3.80. The van der Waals surface area contributed by atoms with Crippen LogP contribution in [0.1, 0.15) is 72.7 Å². The summed E-state index contributed by atoms with van der Waals surface area (Å²) >= 11 is 0. The number of hydrogen-bond acceptors (Lipinski definition) is 8. The van der Waals surface area contributed by atoms with Crippen molar-refractivity contribution in [2.45, 2.75) is 52.0 Å². The lowest BCUT2D eigenvalue weighted by atomic mass is 9.95. The molecule has 0 aromatic carbocycles. The molecular formula is C22H28N6O3. The van der Waals surface area contributed by atoms with Crippen LogP contribution in [-0.2, 0) is 0 Å². The molecule has 1 aliphatic heterocycles. The molecule has 164 valence electrons. The molecule has 1 saturated heterocycles. The third-order valence-electron chi connectivity index (χ3n) is 5.51. The van der Waals surface area contributed by atoms with Gasteiger partial charge in [-0.1, -0.05) is 24.2 Å². The van der Waals surface area contributed by atoms with Gasteiger partial charge in [-0.3, -0.25) is 4.79 Å². The normalized spacial score (nSPS) is 16.7. The van der Waals surface area contributed by atoms with Gasteiger partial charge in [0.15, 0.2) is 5.76 Å². The molecule has 31 heavy (non-hydrogen) atoms. The number of carbonyl (C=O) groups excluding carboxylic acids is 1. The largest absolute Gasteiger partial charge is 0.356 e. The highest BCUT2D eigenvalue weighted by molar-refractivity contribution is 5.92. The second-order valence-corrected chi connectivity index (χ2v) is 8.48. The van der Waals surface area contributed by atoms with Crippen molar-refractivity contribution < 1.29 is 13.8 Å². The lowest BCUT2D eigenvalue weighted by Gasteiger charge is -2.35. The molecule has 3 aromatic heterocycles. The summed E-state index contributed by atoms with van der Waals surface area (Å²) in [6.45, 7) is 6.53. The summed E-state index contributed by atoms with van der Waals surface area (Å²) in [5.74, 6) is 1.45. The minimum absolute atomic E-state index is 0.172. The Kier molecular flexibility index (Phi) is 5.75. The molecule has 9 heteroatoms. The summed E-state index contributed by atoms with van der Waals surface area (Å²) in [5, 5.41) is 8.07. The van der Waals surface area contributed by atoms with E-state index in [1.807, 2.05) is 50.7 Å². The number of likely N-dealkylation sites (tertiary alicyclic amines) is 1. The van der Waals surface area contributed by atoms with Crippen LogP contribution >= 0.6 is 0 Å². The lowest BCUT2D eigenvalue weighted by Crippen LogP contribution is -2.39. The molecule has 9 nitrogen and oxygen atoms in total. The minimum Gasteiger partial charge on any atom is -0.356 e. The fourth-order valence-electron chi connectivity index (χ4n) is 3.80. The first-order valence-electron chi connectivity index (χ1n) is 10.6. The van der Waals surface area contributed by atoms with E-state index in [0.717, 1.165) is 41.9 Å². The molecule has 0 unspecified atom stereocenters. The molecule has 0 spiro atoms. The van der Waals surface area contributed by atoms with Gasteiger partial charge in [0.25, 0.3) is 5.91 Å². The number of piperidine rings is 1. The van der Waals surface area contributed by atoms with Crippen LogP contribution in [0.25, 0.3) is 11.3 Å². The number of carbonyl (C=O) groups is 1. The first-order valence-corrected chi connectivity index (χ1v) is 10.6. The predicted octanol–water partition coefficient (Wildman–Crippen LogP) is 3.98. The number of nitrogens with zero attached hydrogens (tertiary/aromatic N) is 6. The first-order chi connectivity index (χ1) is 14.8. The zero-order valence-electron chi connectivity index (χ0n) is 18.6. The minimum atomic E-state index is -0.226. The average molecular weight is 425 g/mol. The van der Waals surface area contributed by atoms with Crippen LogP contribution in [0.4, 0.5) is 5.95 Å². The van der Waals surface area contributed by atoms with Crippen molar-refractivity contribution in [2.24, 2.45) is 0 Å². The van der Waals surface area contributed by atoms with Gasteiger partial charge in [0.05, 0.1) is 28.7 Å². The zero-order chi connectivity index (χ0) is 22.1. The Hall–Kier alpha value is -3.23. The third kappa shape index (κ3) is 4.17. The number of rotatable bonds is 5. The van der Waals surface area contributed by atoms with Gasteiger partial charge >= 0.3 is 0 Å². The maximum Gasteiger partial charge on any atom is 0.293 e. The predicted molar refractivity (Wildman–Crippen MR) is 115 cm³/mol. The smallest absolute Gasteiger partial charge is 0.293 e.